The quantitative estimate of drug-likeness (QED) is 0.428. The zero-order valence-corrected chi connectivity index (χ0v) is 21.2. The van der Waals surface area contributed by atoms with Crippen molar-refractivity contribution in [2.24, 2.45) is 0 Å². The predicted molar refractivity (Wildman–Crippen MR) is 132 cm³/mol. The highest BCUT2D eigenvalue weighted by molar-refractivity contribution is 7.89. The first-order chi connectivity index (χ1) is 16.0. The average molecular weight is 487 g/mol. The Kier molecular flexibility index (Phi) is 8.12. The van der Waals surface area contributed by atoms with E-state index in [1.807, 2.05) is 42.5 Å². The van der Waals surface area contributed by atoms with E-state index < -0.39 is 22.2 Å². The summed E-state index contributed by atoms with van der Waals surface area (Å²) in [5, 5.41) is 14.9. The Morgan fingerprint density at radius 2 is 1.71 bits per heavy atom. The number of aliphatic hydroxyl groups is 1. The summed E-state index contributed by atoms with van der Waals surface area (Å²) in [7, 11) is -0.315. The summed E-state index contributed by atoms with van der Waals surface area (Å²) in [6.07, 6.45) is 0.179. The van der Waals surface area contributed by atoms with Crippen LogP contribution in [0.25, 0.3) is 0 Å². The first kappa shape index (κ1) is 25.9. The van der Waals surface area contributed by atoms with Crippen LogP contribution in [0.3, 0.4) is 0 Å². The van der Waals surface area contributed by atoms with Crippen molar-refractivity contribution in [3.05, 3.63) is 71.6 Å². The molecule has 2 atom stereocenters. The van der Waals surface area contributed by atoms with E-state index in [-0.39, 0.29) is 22.6 Å². The van der Waals surface area contributed by atoms with Gasteiger partial charge >= 0.3 is 0 Å². The molecule has 3 aromatic rings. The molecule has 0 unspecified atom stereocenters. The maximum absolute atomic E-state index is 13.2. The maximum Gasteiger partial charge on any atom is 0.265 e. The van der Waals surface area contributed by atoms with Crippen LogP contribution in [0.1, 0.15) is 44.2 Å². The van der Waals surface area contributed by atoms with Gasteiger partial charge in [-0.05, 0) is 46.7 Å². The van der Waals surface area contributed by atoms with E-state index in [0.717, 1.165) is 17.5 Å². The Bertz CT molecular complexity index is 1160. The Labute approximate surface area is 202 Å². The van der Waals surface area contributed by atoms with Crippen LogP contribution in [-0.4, -0.2) is 49.9 Å². The van der Waals surface area contributed by atoms with Gasteiger partial charge in [-0.1, -0.05) is 63.2 Å². The van der Waals surface area contributed by atoms with Gasteiger partial charge in [0.2, 0.25) is 15.9 Å². The standard InChI is InChI=1S/C25H34N4O4S/c1-6-25(2,3)19-12-14-20(15-13-19)34(31,32)28-21(16-18-10-8-7-9-11-18)22(30)17-23-26-24(27-33-23)29(4)5/h7-15,21-22,28,30H,6,16-17H2,1-5H3/t21-,22-/m0/s1. The van der Waals surface area contributed by atoms with E-state index in [0.29, 0.717) is 12.4 Å². The van der Waals surface area contributed by atoms with E-state index in [4.69, 9.17) is 4.52 Å². The number of rotatable bonds is 11. The van der Waals surface area contributed by atoms with Crippen LogP contribution in [0, 0.1) is 0 Å². The second-order valence-corrected chi connectivity index (χ2v) is 11.0. The van der Waals surface area contributed by atoms with Crippen LogP contribution >= 0.6 is 0 Å². The van der Waals surface area contributed by atoms with Gasteiger partial charge in [-0.2, -0.15) is 4.98 Å². The molecule has 9 heteroatoms. The lowest BCUT2D eigenvalue weighted by atomic mass is 9.82. The first-order valence-corrected chi connectivity index (χ1v) is 12.8. The molecule has 1 aromatic heterocycles. The first-order valence-electron chi connectivity index (χ1n) is 11.4. The molecular formula is C25H34N4O4S. The zero-order chi connectivity index (χ0) is 24.9. The van der Waals surface area contributed by atoms with Crippen LogP contribution in [-0.2, 0) is 28.3 Å². The number of nitrogens with zero attached hydrogens (tertiary/aromatic N) is 3. The molecule has 3 rings (SSSR count). The minimum absolute atomic E-state index is 0.0183. The molecule has 0 bridgehead atoms. The molecule has 0 radical (unpaired) electrons. The fourth-order valence-corrected chi connectivity index (χ4v) is 4.78. The van der Waals surface area contributed by atoms with E-state index in [2.05, 4.69) is 35.6 Å². The molecule has 0 saturated carbocycles. The van der Waals surface area contributed by atoms with Crippen molar-refractivity contribution >= 4 is 16.0 Å². The summed E-state index contributed by atoms with van der Waals surface area (Å²) in [5.74, 6) is 0.622. The highest BCUT2D eigenvalue weighted by Gasteiger charge is 2.28. The monoisotopic (exact) mass is 486 g/mol. The van der Waals surface area contributed by atoms with Crippen molar-refractivity contribution in [3.8, 4) is 0 Å². The molecule has 0 fully saturated rings. The minimum atomic E-state index is -3.88. The van der Waals surface area contributed by atoms with Gasteiger partial charge in [0.05, 0.1) is 23.5 Å². The fourth-order valence-electron chi connectivity index (χ4n) is 3.51. The smallest absolute Gasteiger partial charge is 0.265 e. The van der Waals surface area contributed by atoms with Crippen LogP contribution in [0.5, 0.6) is 0 Å². The van der Waals surface area contributed by atoms with Gasteiger partial charge in [0.25, 0.3) is 5.95 Å². The van der Waals surface area contributed by atoms with Crippen LogP contribution < -0.4 is 9.62 Å². The van der Waals surface area contributed by atoms with Crippen molar-refractivity contribution in [2.75, 3.05) is 19.0 Å². The minimum Gasteiger partial charge on any atom is -0.391 e. The molecule has 1 heterocycles. The predicted octanol–water partition coefficient (Wildman–Crippen LogP) is 3.32. The molecule has 2 aromatic carbocycles. The van der Waals surface area contributed by atoms with Gasteiger partial charge in [-0.25, -0.2) is 13.1 Å². The van der Waals surface area contributed by atoms with Crippen LogP contribution in [0.4, 0.5) is 5.95 Å². The lowest BCUT2D eigenvalue weighted by molar-refractivity contribution is 0.127. The SMILES string of the molecule is CCC(C)(C)c1ccc(S(=O)(=O)N[C@@H](Cc2ccccc2)[C@@H](O)Cc2nc(N(C)C)no2)cc1. The van der Waals surface area contributed by atoms with Crippen molar-refractivity contribution in [1.82, 2.24) is 14.9 Å². The Morgan fingerprint density at radius 3 is 2.26 bits per heavy atom. The maximum atomic E-state index is 13.2. The van der Waals surface area contributed by atoms with Crippen LogP contribution in [0.15, 0.2) is 64.0 Å². The largest absolute Gasteiger partial charge is 0.391 e. The summed E-state index contributed by atoms with van der Waals surface area (Å²) < 4.78 is 34.4. The third-order valence-corrected chi connectivity index (χ3v) is 7.65. The molecule has 184 valence electrons. The summed E-state index contributed by atoms with van der Waals surface area (Å²) in [6, 6.07) is 15.6. The molecule has 34 heavy (non-hydrogen) atoms. The number of hydrogen-bond donors (Lipinski definition) is 2. The topological polar surface area (TPSA) is 109 Å². The molecule has 8 nitrogen and oxygen atoms in total. The molecule has 2 N–H and O–H groups in total. The second-order valence-electron chi connectivity index (χ2n) is 9.33. The van der Waals surface area contributed by atoms with Gasteiger partial charge in [0.15, 0.2) is 0 Å². The molecule has 0 spiro atoms. The Balaban J connectivity index is 1.83. The number of anilines is 1. The molecule has 0 aliphatic heterocycles. The van der Waals surface area contributed by atoms with E-state index in [9.17, 15) is 13.5 Å². The average Bonchev–Trinajstić information content (AvgIpc) is 3.28. The Morgan fingerprint density at radius 1 is 1.06 bits per heavy atom. The summed E-state index contributed by atoms with van der Waals surface area (Å²) in [6.45, 7) is 6.35. The van der Waals surface area contributed by atoms with Crippen molar-refractivity contribution in [1.29, 1.82) is 0 Å². The summed E-state index contributed by atoms with van der Waals surface area (Å²) in [5.41, 5.74) is 1.92. The number of aliphatic hydroxyl groups excluding tert-OH is 1. The molecule has 0 aliphatic carbocycles. The highest BCUT2D eigenvalue weighted by atomic mass is 32.2. The fraction of sp³-hybridized carbons (Fsp3) is 0.440. The number of aromatic nitrogens is 2. The molecular weight excluding hydrogens is 452 g/mol. The van der Waals surface area contributed by atoms with Gasteiger partial charge < -0.3 is 14.5 Å². The molecule has 0 amide bonds. The lowest BCUT2D eigenvalue weighted by Gasteiger charge is -2.25. The normalized spacial score (nSPS) is 14.1. The lowest BCUT2D eigenvalue weighted by Crippen LogP contribution is -2.45. The number of hydrogen-bond acceptors (Lipinski definition) is 7. The van der Waals surface area contributed by atoms with Gasteiger partial charge in [-0.15, -0.1) is 0 Å². The van der Waals surface area contributed by atoms with Crippen molar-refractivity contribution in [2.45, 2.75) is 62.5 Å². The van der Waals surface area contributed by atoms with Crippen LogP contribution in [0.2, 0.25) is 0 Å². The Hall–Kier alpha value is -2.75. The van der Waals surface area contributed by atoms with Gasteiger partial charge in [0.1, 0.15) is 0 Å². The number of nitrogens with one attached hydrogen (secondary N) is 1. The zero-order valence-electron chi connectivity index (χ0n) is 20.4. The third-order valence-electron chi connectivity index (χ3n) is 6.14. The second kappa shape index (κ2) is 10.7. The van der Waals surface area contributed by atoms with Crippen molar-refractivity contribution in [3.63, 3.8) is 0 Å². The summed E-state index contributed by atoms with van der Waals surface area (Å²) in [4.78, 5) is 6.09. The van der Waals surface area contributed by atoms with Gasteiger partial charge in [-0.3, -0.25) is 0 Å². The van der Waals surface area contributed by atoms with Crippen molar-refractivity contribution < 1.29 is 18.0 Å². The highest BCUT2D eigenvalue weighted by Crippen LogP contribution is 2.27. The number of sulfonamides is 1. The van der Waals surface area contributed by atoms with E-state index in [1.165, 1.54) is 0 Å². The van der Waals surface area contributed by atoms with Gasteiger partial charge in [0, 0.05) is 14.1 Å². The molecule has 0 saturated heterocycles. The molecule has 0 aliphatic rings. The third kappa shape index (κ3) is 6.43. The summed E-state index contributed by atoms with van der Waals surface area (Å²) >= 11 is 0. The van der Waals surface area contributed by atoms with E-state index in [1.54, 1.807) is 31.1 Å². The van der Waals surface area contributed by atoms with E-state index >= 15 is 0 Å². The number of benzene rings is 2.